The lowest BCUT2D eigenvalue weighted by Gasteiger charge is -2.31. The summed E-state index contributed by atoms with van der Waals surface area (Å²) in [5.41, 5.74) is 5.47. The van der Waals surface area contributed by atoms with E-state index in [-0.39, 0.29) is 17.7 Å². The number of aromatic nitrogens is 4. The van der Waals surface area contributed by atoms with E-state index in [1.807, 2.05) is 73.4 Å². The molecule has 0 atom stereocenters. The van der Waals surface area contributed by atoms with Crippen LogP contribution in [-0.2, 0) is 11.8 Å². The van der Waals surface area contributed by atoms with Crippen LogP contribution in [0.4, 0.5) is 5.69 Å². The summed E-state index contributed by atoms with van der Waals surface area (Å²) < 4.78 is 15.3. The number of likely N-dealkylation sites (tertiary alicyclic amines) is 1. The maximum absolute atomic E-state index is 13.5. The van der Waals surface area contributed by atoms with Gasteiger partial charge in [0.15, 0.2) is 0 Å². The minimum Gasteiger partial charge on any atom is -0.496 e. The molecule has 1 aliphatic rings. The van der Waals surface area contributed by atoms with Gasteiger partial charge in [0, 0.05) is 50.4 Å². The number of hydrogen-bond donors (Lipinski definition) is 1. The monoisotopic (exact) mass is 609 g/mol. The second-order valence-electron chi connectivity index (χ2n) is 11.7. The number of aryl methyl sites for hydroxylation is 2. The predicted molar refractivity (Wildman–Crippen MR) is 174 cm³/mol. The average Bonchev–Trinajstić information content (AvgIpc) is 3.60. The van der Waals surface area contributed by atoms with Gasteiger partial charge < -0.3 is 24.3 Å². The van der Waals surface area contributed by atoms with Gasteiger partial charge in [0.2, 0.25) is 5.91 Å². The zero-order valence-corrected chi connectivity index (χ0v) is 26.6. The number of ether oxygens (including phenoxy) is 2. The minimum atomic E-state index is -0.254. The first-order valence-electron chi connectivity index (χ1n) is 15.1. The number of anilines is 1. The number of hydrogen-bond acceptors (Lipinski definition) is 7. The molecule has 1 aliphatic heterocycles. The van der Waals surface area contributed by atoms with Crippen LogP contribution in [0.25, 0.3) is 27.7 Å². The Morgan fingerprint density at radius 1 is 1.04 bits per heavy atom. The van der Waals surface area contributed by atoms with Gasteiger partial charge in [0.05, 0.1) is 48.9 Å². The second-order valence-corrected chi connectivity index (χ2v) is 11.7. The van der Waals surface area contributed by atoms with Crippen molar-refractivity contribution in [3.63, 3.8) is 0 Å². The van der Waals surface area contributed by atoms with Crippen LogP contribution in [0.5, 0.6) is 11.5 Å². The van der Waals surface area contributed by atoms with Gasteiger partial charge in [-0.25, -0.2) is 4.98 Å². The molecule has 0 saturated carbocycles. The Balaban J connectivity index is 1.28. The van der Waals surface area contributed by atoms with Crippen LogP contribution in [-0.4, -0.2) is 88.5 Å². The fourth-order valence-electron chi connectivity index (χ4n) is 6.25. The van der Waals surface area contributed by atoms with Gasteiger partial charge in [0.1, 0.15) is 23.0 Å². The Morgan fingerprint density at radius 3 is 2.51 bits per heavy atom. The highest BCUT2D eigenvalue weighted by Crippen LogP contribution is 2.37. The van der Waals surface area contributed by atoms with Crippen molar-refractivity contribution < 1.29 is 19.1 Å². The molecule has 2 aromatic carbocycles. The lowest BCUT2D eigenvalue weighted by Crippen LogP contribution is -2.40. The lowest BCUT2D eigenvalue weighted by atomic mass is 9.96. The zero-order chi connectivity index (χ0) is 31.8. The van der Waals surface area contributed by atoms with Gasteiger partial charge in [-0.05, 0) is 63.2 Å². The number of nitrogens with zero attached hydrogens (tertiary/aromatic N) is 6. The molecule has 1 N–H and O–H groups in total. The summed E-state index contributed by atoms with van der Waals surface area (Å²) in [4.78, 5) is 39.3. The fourth-order valence-corrected chi connectivity index (χ4v) is 6.25. The molecular formula is C34H39N7O4. The van der Waals surface area contributed by atoms with Crippen LogP contribution >= 0.6 is 0 Å². The molecule has 234 valence electrons. The summed E-state index contributed by atoms with van der Waals surface area (Å²) in [5.74, 6) is 2.35. The first kappa shape index (κ1) is 30.1. The molecule has 0 spiro atoms. The summed E-state index contributed by atoms with van der Waals surface area (Å²) in [6.07, 6.45) is 5.61. The van der Waals surface area contributed by atoms with E-state index in [1.165, 1.54) is 0 Å². The quantitative estimate of drug-likeness (QED) is 0.271. The second kappa shape index (κ2) is 12.2. The molecule has 4 heterocycles. The molecule has 0 unspecified atom stereocenters. The Labute approximate surface area is 262 Å². The maximum atomic E-state index is 13.5. The molecule has 0 bridgehead atoms. The molecular weight excluding hydrogens is 570 g/mol. The molecule has 0 radical (unpaired) electrons. The van der Waals surface area contributed by atoms with E-state index in [4.69, 9.17) is 14.5 Å². The van der Waals surface area contributed by atoms with Crippen LogP contribution in [0.1, 0.15) is 40.8 Å². The fraction of sp³-hybridized carbons (Fsp3) is 0.353. The third kappa shape index (κ3) is 5.59. The predicted octanol–water partition coefficient (Wildman–Crippen LogP) is 4.73. The third-order valence-electron chi connectivity index (χ3n) is 8.80. The Hall–Kier alpha value is -4.90. The Bertz CT molecular complexity index is 1900. The summed E-state index contributed by atoms with van der Waals surface area (Å²) in [6.45, 7) is 4.10. The van der Waals surface area contributed by atoms with Crippen LogP contribution in [0.15, 0.2) is 54.9 Å². The number of methoxy groups -OCH3 is 2. The summed E-state index contributed by atoms with van der Waals surface area (Å²) >= 11 is 0. The number of carbonyl (C=O) groups excluding carboxylic acids is 2. The maximum Gasteiger partial charge on any atom is 0.272 e. The number of amides is 2. The molecule has 1 saturated heterocycles. The third-order valence-corrected chi connectivity index (χ3v) is 8.80. The topological polar surface area (TPSA) is 106 Å². The van der Waals surface area contributed by atoms with Crippen LogP contribution in [0, 0.1) is 6.92 Å². The molecule has 1 fully saturated rings. The first-order chi connectivity index (χ1) is 21.7. The van der Waals surface area contributed by atoms with Gasteiger partial charge >= 0.3 is 0 Å². The largest absolute Gasteiger partial charge is 0.496 e. The lowest BCUT2D eigenvalue weighted by molar-refractivity contribution is -0.130. The van der Waals surface area contributed by atoms with E-state index in [2.05, 4.69) is 19.6 Å². The van der Waals surface area contributed by atoms with Gasteiger partial charge in [-0.2, -0.15) is 0 Å². The van der Waals surface area contributed by atoms with E-state index < -0.39 is 0 Å². The van der Waals surface area contributed by atoms with E-state index in [9.17, 15) is 9.59 Å². The van der Waals surface area contributed by atoms with Crippen LogP contribution in [0.3, 0.4) is 0 Å². The SMILES string of the molecule is COc1cc(-c2nc(C3CCN(CC(=O)N(C)C)CC3)n3ccnc(C)c23)ccc1NC(=O)c1cc2c(OC)cccc2n1C. The molecule has 45 heavy (non-hydrogen) atoms. The highest BCUT2D eigenvalue weighted by atomic mass is 16.5. The summed E-state index contributed by atoms with van der Waals surface area (Å²) in [6, 6.07) is 13.3. The van der Waals surface area contributed by atoms with E-state index in [0.29, 0.717) is 29.4 Å². The average molecular weight is 610 g/mol. The van der Waals surface area contributed by atoms with Crippen molar-refractivity contribution in [1.82, 2.24) is 28.7 Å². The van der Waals surface area contributed by atoms with Crippen molar-refractivity contribution in [3.8, 4) is 22.8 Å². The smallest absolute Gasteiger partial charge is 0.272 e. The number of carbonyl (C=O) groups is 2. The number of imidazole rings is 1. The highest BCUT2D eigenvalue weighted by Gasteiger charge is 2.28. The van der Waals surface area contributed by atoms with Crippen LogP contribution < -0.4 is 14.8 Å². The first-order valence-corrected chi connectivity index (χ1v) is 15.1. The van der Waals surface area contributed by atoms with Crippen molar-refractivity contribution in [2.24, 2.45) is 7.05 Å². The molecule has 0 aliphatic carbocycles. The molecule has 11 heteroatoms. The highest BCUT2D eigenvalue weighted by molar-refractivity contribution is 6.08. The standard InChI is InChI=1S/C34H39N7O4/c1-21-32-31(37-33(41(32)17-14-35-21)22-12-15-40(16-13-22)20-30(42)38(2)3)23-10-11-25(29(18-23)45-6)36-34(43)27-19-24-26(39(27)4)8-7-9-28(24)44-5/h7-11,14,17-19,22H,12-13,15-16,20H2,1-6H3,(H,36,43). The molecule has 5 aromatic rings. The van der Waals surface area contributed by atoms with Gasteiger partial charge in [-0.1, -0.05) is 12.1 Å². The Kier molecular flexibility index (Phi) is 8.20. The zero-order valence-electron chi connectivity index (χ0n) is 26.6. The number of nitrogens with one attached hydrogen (secondary N) is 1. The van der Waals surface area contributed by atoms with Crippen molar-refractivity contribution in [3.05, 3.63) is 72.1 Å². The van der Waals surface area contributed by atoms with E-state index in [1.54, 1.807) is 33.2 Å². The number of benzene rings is 2. The minimum absolute atomic E-state index is 0.120. The number of piperidine rings is 1. The van der Waals surface area contributed by atoms with Crippen molar-refractivity contribution >= 4 is 33.9 Å². The van der Waals surface area contributed by atoms with Gasteiger partial charge in [-0.3, -0.25) is 23.9 Å². The number of fused-ring (bicyclic) bond motifs is 2. The molecule has 3 aromatic heterocycles. The van der Waals surface area contributed by atoms with Gasteiger partial charge in [-0.15, -0.1) is 0 Å². The van der Waals surface area contributed by atoms with Gasteiger partial charge in [0.25, 0.3) is 5.91 Å². The number of likely N-dealkylation sites (N-methyl/N-ethyl adjacent to an activating group) is 1. The van der Waals surface area contributed by atoms with Crippen molar-refractivity contribution in [2.75, 3.05) is 53.3 Å². The van der Waals surface area contributed by atoms with E-state index >= 15 is 0 Å². The van der Waals surface area contributed by atoms with Crippen molar-refractivity contribution in [1.29, 1.82) is 0 Å². The molecule has 6 rings (SSSR count). The summed E-state index contributed by atoms with van der Waals surface area (Å²) in [7, 11) is 8.66. The van der Waals surface area contributed by atoms with Crippen LogP contribution in [0.2, 0.25) is 0 Å². The molecule has 2 amide bonds. The molecule has 11 nitrogen and oxygen atoms in total. The normalized spacial score (nSPS) is 14.2. The van der Waals surface area contributed by atoms with E-state index in [0.717, 1.165) is 65.1 Å². The Morgan fingerprint density at radius 2 is 1.80 bits per heavy atom. The van der Waals surface area contributed by atoms with Crippen molar-refractivity contribution in [2.45, 2.75) is 25.7 Å². The number of rotatable bonds is 8. The summed E-state index contributed by atoms with van der Waals surface area (Å²) in [5, 5.41) is 3.90.